The number of hydrogen-bond acceptors (Lipinski definition) is 1. The summed E-state index contributed by atoms with van der Waals surface area (Å²) in [6.45, 7) is 0. The number of hydrogen-bond donors (Lipinski definition) is 0. The van der Waals surface area contributed by atoms with E-state index in [9.17, 15) is 0 Å². The average molecular weight is 677 g/mol. The maximum atomic E-state index is 6.81. The maximum Gasteiger partial charge on any atom is 0.213 e. The van der Waals surface area contributed by atoms with E-state index < -0.39 is 0 Å². The summed E-state index contributed by atoms with van der Waals surface area (Å²) in [6.07, 6.45) is 0. The van der Waals surface area contributed by atoms with E-state index in [1.807, 2.05) is 0 Å². The second kappa shape index (κ2) is 11.7. The first-order chi connectivity index (χ1) is 26.3. The van der Waals surface area contributed by atoms with Gasteiger partial charge in [-0.25, -0.2) is 0 Å². The number of rotatable bonds is 5. The number of nitrogens with zero attached hydrogens (tertiary/aromatic N) is 2. The van der Waals surface area contributed by atoms with Crippen LogP contribution in [0.15, 0.2) is 199 Å². The van der Waals surface area contributed by atoms with Crippen LogP contribution < -0.4 is 0 Å². The smallest absolute Gasteiger partial charge is 0.213 e. The van der Waals surface area contributed by atoms with Gasteiger partial charge in [-0.15, -0.1) is 0 Å². The highest BCUT2D eigenvalue weighted by atomic mass is 16.3. The Labute approximate surface area is 306 Å². The van der Waals surface area contributed by atoms with Gasteiger partial charge in [0.1, 0.15) is 5.58 Å². The topological polar surface area (TPSA) is 23.0 Å². The highest BCUT2D eigenvalue weighted by Gasteiger charge is 2.23. The molecule has 0 aliphatic heterocycles. The molecule has 3 nitrogen and oxygen atoms in total. The third-order valence-electron chi connectivity index (χ3n) is 10.7. The third kappa shape index (κ3) is 4.61. The number of fused-ring (bicyclic) bond motifs is 8. The lowest BCUT2D eigenvalue weighted by Crippen LogP contribution is -1.96. The van der Waals surface area contributed by atoms with Gasteiger partial charge < -0.3 is 8.98 Å². The van der Waals surface area contributed by atoms with Crippen molar-refractivity contribution in [2.24, 2.45) is 0 Å². The van der Waals surface area contributed by atoms with Gasteiger partial charge in [0.25, 0.3) is 0 Å². The molecule has 0 radical (unpaired) electrons. The molecule has 0 saturated heterocycles. The fourth-order valence-corrected chi connectivity index (χ4v) is 8.35. The second-order valence-electron chi connectivity index (χ2n) is 13.7. The first-order valence-corrected chi connectivity index (χ1v) is 18.1. The summed E-state index contributed by atoms with van der Waals surface area (Å²) in [5.41, 5.74) is 14.4. The molecule has 0 bridgehead atoms. The molecule has 0 fully saturated rings. The molecule has 0 unspecified atom stereocenters. The van der Waals surface area contributed by atoms with Crippen molar-refractivity contribution in [1.82, 2.24) is 9.13 Å². The number of benzene rings is 8. The summed E-state index contributed by atoms with van der Waals surface area (Å²) in [5.74, 6) is 0. The second-order valence-corrected chi connectivity index (χ2v) is 13.7. The quantitative estimate of drug-likeness (QED) is 0.178. The van der Waals surface area contributed by atoms with Crippen LogP contribution >= 0.6 is 0 Å². The molecule has 0 N–H and O–H groups in total. The normalized spacial score (nSPS) is 11.8. The summed E-state index contributed by atoms with van der Waals surface area (Å²) >= 11 is 0. The Hall–Kier alpha value is -7.10. The minimum atomic E-state index is 0.847. The summed E-state index contributed by atoms with van der Waals surface area (Å²) in [4.78, 5) is 0. The molecule has 248 valence electrons. The van der Waals surface area contributed by atoms with E-state index in [-0.39, 0.29) is 0 Å². The Morgan fingerprint density at radius 3 is 1.51 bits per heavy atom. The van der Waals surface area contributed by atoms with Gasteiger partial charge in [-0.1, -0.05) is 140 Å². The van der Waals surface area contributed by atoms with Gasteiger partial charge >= 0.3 is 0 Å². The molecule has 0 spiro atoms. The van der Waals surface area contributed by atoms with Gasteiger partial charge in [-0.3, -0.25) is 4.57 Å². The van der Waals surface area contributed by atoms with Crippen LogP contribution in [0.2, 0.25) is 0 Å². The molecule has 8 aromatic carbocycles. The first kappa shape index (κ1) is 29.6. The molecular weight excluding hydrogens is 645 g/mol. The third-order valence-corrected chi connectivity index (χ3v) is 10.7. The first-order valence-electron chi connectivity index (χ1n) is 18.1. The molecule has 0 atom stereocenters. The Morgan fingerprint density at radius 1 is 0.321 bits per heavy atom. The van der Waals surface area contributed by atoms with Crippen molar-refractivity contribution in [1.29, 1.82) is 0 Å². The van der Waals surface area contributed by atoms with Crippen LogP contribution in [0.25, 0.3) is 99.5 Å². The molecule has 11 aromatic rings. The molecular formula is C50H32N2O. The lowest BCUT2D eigenvalue weighted by atomic mass is 9.97. The maximum absolute atomic E-state index is 6.81. The summed E-state index contributed by atoms with van der Waals surface area (Å²) in [5, 5.41) is 5.95. The van der Waals surface area contributed by atoms with Crippen LogP contribution in [-0.4, -0.2) is 9.13 Å². The van der Waals surface area contributed by atoms with Crippen molar-refractivity contribution in [3.05, 3.63) is 194 Å². The lowest BCUT2D eigenvalue weighted by Gasteiger charge is -2.14. The molecule has 0 amide bonds. The fourth-order valence-electron chi connectivity index (χ4n) is 8.35. The minimum Gasteiger partial charge on any atom is -0.439 e. The largest absolute Gasteiger partial charge is 0.439 e. The van der Waals surface area contributed by atoms with E-state index in [0.717, 1.165) is 55.7 Å². The predicted molar refractivity (Wildman–Crippen MR) is 221 cm³/mol. The zero-order valence-electron chi connectivity index (χ0n) is 28.8. The van der Waals surface area contributed by atoms with Crippen LogP contribution in [0.5, 0.6) is 0 Å². The van der Waals surface area contributed by atoms with Crippen LogP contribution in [-0.2, 0) is 0 Å². The van der Waals surface area contributed by atoms with E-state index in [1.165, 1.54) is 43.9 Å². The SMILES string of the molecule is c1ccc(-c2cc(-c3ccccc3)cc(-n3c4cccc(-c5ccc(-n6c7ccccc7c7ccccc76)cc5)c4c4c5ccccc5oc43)c2)cc1. The molecule has 0 saturated carbocycles. The Morgan fingerprint density at radius 2 is 0.868 bits per heavy atom. The Bertz CT molecular complexity index is 3030. The van der Waals surface area contributed by atoms with E-state index in [0.29, 0.717) is 0 Å². The molecule has 3 heterocycles. The van der Waals surface area contributed by atoms with Crippen molar-refractivity contribution in [2.75, 3.05) is 0 Å². The van der Waals surface area contributed by atoms with Crippen LogP contribution in [0.3, 0.4) is 0 Å². The highest BCUT2D eigenvalue weighted by Crippen LogP contribution is 2.44. The predicted octanol–water partition coefficient (Wildman–Crippen LogP) is 13.6. The van der Waals surface area contributed by atoms with Crippen molar-refractivity contribution in [3.63, 3.8) is 0 Å². The summed E-state index contributed by atoms with van der Waals surface area (Å²) < 4.78 is 11.5. The van der Waals surface area contributed by atoms with Crippen LogP contribution in [0, 0.1) is 0 Å². The van der Waals surface area contributed by atoms with Crippen molar-refractivity contribution in [2.45, 2.75) is 0 Å². The average Bonchev–Trinajstić information content (AvgIpc) is 3.88. The molecule has 11 rings (SSSR count). The lowest BCUT2D eigenvalue weighted by molar-refractivity contribution is 0.645. The van der Waals surface area contributed by atoms with Gasteiger partial charge in [-0.2, -0.15) is 0 Å². The number of para-hydroxylation sites is 3. The number of aromatic nitrogens is 2. The summed E-state index contributed by atoms with van der Waals surface area (Å²) in [6, 6.07) is 69.6. The molecule has 53 heavy (non-hydrogen) atoms. The zero-order valence-corrected chi connectivity index (χ0v) is 28.8. The summed E-state index contributed by atoms with van der Waals surface area (Å²) in [7, 11) is 0. The van der Waals surface area contributed by atoms with Gasteiger partial charge in [0.05, 0.1) is 27.6 Å². The van der Waals surface area contributed by atoms with Gasteiger partial charge in [0.15, 0.2) is 0 Å². The molecule has 0 aliphatic rings. The van der Waals surface area contributed by atoms with E-state index in [1.54, 1.807) is 0 Å². The van der Waals surface area contributed by atoms with Gasteiger partial charge in [0.2, 0.25) is 5.71 Å². The molecule has 3 aromatic heterocycles. The van der Waals surface area contributed by atoms with Crippen LogP contribution in [0.1, 0.15) is 0 Å². The van der Waals surface area contributed by atoms with E-state index in [4.69, 9.17) is 4.42 Å². The molecule has 0 aliphatic carbocycles. The Kier molecular flexibility index (Phi) is 6.55. The molecule has 3 heteroatoms. The monoisotopic (exact) mass is 676 g/mol. The standard InChI is InChI=1S/C50H32N2O/c1-3-14-33(15-4-1)36-30-37(34-16-5-2-6-17-34)32-39(31-36)52-46-24-13-21-40(48(46)49-43-20-9-12-25-47(43)53-50(49)52)35-26-28-38(29-27-35)51-44-22-10-7-18-41(44)42-19-8-11-23-45(42)51/h1-32H. The van der Waals surface area contributed by atoms with E-state index >= 15 is 0 Å². The van der Waals surface area contributed by atoms with Gasteiger partial charge in [0, 0.05) is 27.2 Å². The van der Waals surface area contributed by atoms with Gasteiger partial charge in [-0.05, 0) is 88.0 Å². The minimum absolute atomic E-state index is 0.847. The van der Waals surface area contributed by atoms with Crippen molar-refractivity contribution >= 4 is 54.8 Å². The van der Waals surface area contributed by atoms with E-state index in [2.05, 4.69) is 203 Å². The fraction of sp³-hybridized carbons (Fsp3) is 0. The zero-order chi connectivity index (χ0) is 34.9. The highest BCUT2D eigenvalue weighted by molar-refractivity contribution is 6.24. The van der Waals surface area contributed by atoms with Crippen LogP contribution in [0.4, 0.5) is 0 Å². The van der Waals surface area contributed by atoms with Crippen molar-refractivity contribution < 1.29 is 4.42 Å². The Balaban J connectivity index is 1.15. The van der Waals surface area contributed by atoms with Crippen molar-refractivity contribution in [3.8, 4) is 44.8 Å². The number of furan rings is 1.